The molecule has 2 aromatic rings. The minimum atomic E-state index is -0.0515. The summed E-state index contributed by atoms with van der Waals surface area (Å²) in [6, 6.07) is 5.87. The number of thiocarbonyl (C=S) groups is 1. The number of nitrogens with one attached hydrogen (secondary N) is 2. The summed E-state index contributed by atoms with van der Waals surface area (Å²) in [7, 11) is 0. The molecule has 18 heavy (non-hydrogen) atoms. The molecule has 2 N–H and O–H groups in total. The van der Waals surface area contributed by atoms with E-state index in [1.165, 1.54) is 0 Å². The lowest BCUT2D eigenvalue weighted by Gasteiger charge is -2.23. The van der Waals surface area contributed by atoms with Crippen molar-refractivity contribution in [3.05, 3.63) is 30.7 Å². The summed E-state index contributed by atoms with van der Waals surface area (Å²) < 4.78 is 0. The second-order valence-corrected chi connectivity index (χ2v) is 5.53. The topological polar surface area (TPSA) is 49.8 Å². The molecule has 2 rings (SSSR count). The summed E-state index contributed by atoms with van der Waals surface area (Å²) in [4.78, 5) is 8.18. The van der Waals surface area contributed by atoms with Gasteiger partial charge in [-0.3, -0.25) is 0 Å². The van der Waals surface area contributed by atoms with Crippen LogP contribution in [-0.4, -0.2) is 20.6 Å². The Morgan fingerprint density at radius 1 is 1.28 bits per heavy atom. The van der Waals surface area contributed by atoms with Crippen molar-refractivity contribution < 1.29 is 0 Å². The first-order valence-corrected chi connectivity index (χ1v) is 6.14. The zero-order valence-electron chi connectivity index (χ0n) is 10.7. The Hall–Kier alpha value is -1.75. The summed E-state index contributed by atoms with van der Waals surface area (Å²) in [6.07, 6.45) is 3.33. The van der Waals surface area contributed by atoms with E-state index in [2.05, 4.69) is 41.4 Å². The summed E-state index contributed by atoms with van der Waals surface area (Å²) in [5.74, 6) is 0. The molecule has 1 aromatic carbocycles. The first-order chi connectivity index (χ1) is 8.44. The molecule has 0 saturated carbocycles. The van der Waals surface area contributed by atoms with Gasteiger partial charge >= 0.3 is 0 Å². The van der Waals surface area contributed by atoms with Crippen molar-refractivity contribution in [1.82, 2.24) is 15.3 Å². The van der Waals surface area contributed by atoms with Crippen molar-refractivity contribution in [3.8, 4) is 0 Å². The van der Waals surface area contributed by atoms with Gasteiger partial charge in [-0.1, -0.05) is 0 Å². The van der Waals surface area contributed by atoms with Gasteiger partial charge in [0.1, 0.15) is 6.33 Å². The molecule has 94 valence electrons. The lowest BCUT2D eigenvalue weighted by molar-refractivity contribution is 0.515. The molecule has 0 saturated heterocycles. The number of hydrogen-bond acceptors (Lipinski definition) is 3. The van der Waals surface area contributed by atoms with E-state index in [-0.39, 0.29) is 5.54 Å². The quantitative estimate of drug-likeness (QED) is 0.772. The van der Waals surface area contributed by atoms with Crippen LogP contribution in [0, 0.1) is 0 Å². The molecule has 0 radical (unpaired) electrons. The van der Waals surface area contributed by atoms with Crippen molar-refractivity contribution in [2.45, 2.75) is 26.3 Å². The SMILES string of the molecule is CC(C)(C)NC(=S)Nc1ccc2ncncc2c1. The maximum Gasteiger partial charge on any atom is 0.171 e. The van der Waals surface area contributed by atoms with Crippen LogP contribution < -0.4 is 10.6 Å². The highest BCUT2D eigenvalue weighted by Gasteiger charge is 2.10. The first kappa shape index (κ1) is 12.7. The average molecular weight is 260 g/mol. The van der Waals surface area contributed by atoms with Gasteiger partial charge in [0.25, 0.3) is 0 Å². The third-order valence-electron chi connectivity index (χ3n) is 2.25. The lowest BCUT2D eigenvalue weighted by Crippen LogP contribution is -2.42. The minimum Gasteiger partial charge on any atom is -0.358 e. The van der Waals surface area contributed by atoms with Crippen LogP contribution in [0.15, 0.2) is 30.7 Å². The smallest absolute Gasteiger partial charge is 0.171 e. The van der Waals surface area contributed by atoms with Crippen LogP contribution in [0.25, 0.3) is 10.9 Å². The van der Waals surface area contributed by atoms with Gasteiger partial charge in [-0.05, 0) is 51.2 Å². The zero-order valence-corrected chi connectivity index (χ0v) is 11.5. The highest BCUT2D eigenvalue weighted by molar-refractivity contribution is 7.80. The van der Waals surface area contributed by atoms with E-state index in [9.17, 15) is 0 Å². The maximum atomic E-state index is 5.25. The van der Waals surface area contributed by atoms with Gasteiger partial charge < -0.3 is 10.6 Å². The van der Waals surface area contributed by atoms with Crippen molar-refractivity contribution in [1.29, 1.82) is 0 Å². The standard InChI is InChI=1S/C13H16N4S/c1-13(2,3)17-12(18)16-10-4-5-11-9(6-10)7-14-8-15-11/h4-8H,1-3H3,(H2,16,17,18). The van der Waals surface area contributed by atoms with Crippen LogP contribution in [0.4, 0.5) is 5.69 Å². The molecule has 1 heterocycles. The van der Waals surface area contributed by atoms with Crippen LogP contribution in [-0.2, 0) is 0 Å². The van der Waals surface area contributed by atoms with Gasteiger partial charge in [0.05, 0.1) is 5.52 Å². The number of benzene rings is 1. The number of rotatable bonds is 1. The third kappa shape index (κ3) is 3.37. The number of hydrogen-bond donors (Lipinski definition) is 2. The molecule has 0 spiro atoms. The van der Waals surface area contributed by atoms with Crippen LogP contribution in [0.2, 0.25) is 0 Å². The Labute approximate surface area is 112 Å². The monoisotopic (exact) mass is 260 g/mol. The van der Waals surface area contributed by atoms with Gasteiger partial charge in [0, 0.05) is 22.8 Å². The lowest BCUT2D eigenvalue weighted by atomic mass is 10.1. The Bertz CT molecular complexity index is 574. The highest BCUT2D eigenvalue weighted by Crippen LogP contribution is 2.16. The van der Waals surface area contributed by atoms with E-state index in [4.69, 9.17) is 12.2 Å². The fraction of sp³-hybridized carbons (Fsp3) is 0.308. The minimum absolute atomic E-state index is 0.0515. The largest absolute Gasteiger partial charge is 0.358 e. The summed E-state index contributed by atoms with van der Waals surface area (Å²) >= 11 is 5.25. The second kappa shape index (κ2) is 4.86. The fourth-order valence-corrected chi connectivity index (χ4v) is 1.99. The average Bonchev–Trinajstić information content (AvgIpc) is 2.26. The second-order valence-electron chi connectivity index (χ2n) is 5.13. The number of fused-ring (bicyclic) bond motifs is 1. The van der Waals surface area contributed by atoms with Crippen molar-refractivity contribution in [3.63, 3.8) is 0 Å². The summed E-state index contributed by atoms with van der Waals surface area (Å²) in [6.45, 7) is 6.19. The predicted molar refractivity (Wildman–Crippen MR) is 78.6 cm³/mol. The summed E-state index contributed by atoms with van der Waals surface area (Å²) in [5.41, 5.74) is 1.80. The molecular formula is C13H16N4S. The molecule has 1 aromatic heterocycles. The van der Waals surface area contributed by atoms with Gasteiger partial charge in [-0.15, -0.1) is 0 Å². The van der Waals surface area contributed by atoms with Crippen LogP contribution >= 0.6 is 12.2 Å². The normalized spacial score (nSPS) is 11.3. The number of nitrogens with zero attached hydrogens (tertiary/aromatic N) is 2. The molecule has 5 heteroatoms. The van der Waals surface area contributed by atoms with Crippen molar-refractivity contribution in [2.24, 2.45) is 0 Å². The molecule has 0 bridgehead atoms. The molecular weight excluding hydrogens is 244 g/mol. The molecule has 0 aliphatic carbocycles. The molecule has 0 fully saturated rings. The maximum absolute atomic E-state index is 5.25. The van der Waals surface area contributed by atoms with Gasteiger partial charge in [-0.2, -0.15) is 0 Å². The first-order valence-electron chi connectivity index (χ1n) is 5.73. The Morgan fingerprint density at radius 3 is 2.78 bits per heavy atom. The Kier molecular flexibility index (Phi) is 3.43. The van der Waals surface area contributed by atoms with Crippen molar-refractivity contribution >= 4 is 33.9 Å². The fourth-order valence-electron chi connectivity index (χ4n) is 1.57. The Balaban J connectivity index is 2.15. The van der Waals surface area contributed by atoms with E-state index >= 15 is 0 Å². The van der Waals surface area contributed by atoms with Gasteiger partial charge in [0.15, 0.2) is 5.11 Å². The van der Waals surface area contributed by atoms with E-state index in [1.807, 2.05) is 18.2 Å². The highest BCUT2D eigenvalue weighted by atomic mass is 32.1. The van der Waals surface area contributed by atoms with Crippen LogP contribution in [0.1, 0.15) is 20.8 Å². The summed E-state index contributed by atoms with van der Waals surface area (Å²) in [5, 5.41) is 7.96. The van der Waals surface area contributed by atoms with Gasteiger partial charge in [0.2, 0.25) is 0 Å². The van der Waals surface area contributed by atoms with E-state index in [0.29, 0.717) is 5.11 Å². The van der Waals surface area contributed by atoms with Crippen LogP contribution in [0.3, 0.4) is 0 Å². The molecule has 0 atom stereocenters. The van der Waals surface area contributed by atoms with E-state index in [1.54, 1.807) is 12.5 Å². The predicted octanol–water partition coefficient (Wildman–Crippen LogP) is 2.71. The number of anilines is 1. The zero-order chi connectivity index (χ0) is 13.2. The van der Waals surface area contributed by atoms with Crippen molar-refractivity contribution in [2.75, 3.05) is 5.32 Å². The van der Waals surface area contributed by atoms with Gasteiger partial charge in [-0.25, -0.2) is 9.97 Å². The number of aromatic nitrogens is 2. The third-order valence-corrected chi connectivity index (χ3v) is 2.46. The molecule has 0 aliphatic heterocycles. The molecule has 0 aliphatic rings. The van der Waals surface area contributed by atoms with Crippen LogP contribution in [0.5, 0.6) is 0 Å². The van der Waals surface area contributed by atoms with E-state index < -0.39 is 0 Å². The molecule has 0 amide bonds. The van der Waals surface area contributed by atoms with E-state index in [0.717, 1.165) is 16.6 Å². The molecule has 0 unspecified atom stereocenters. The Morgan fingerprint density at radius 2 is 2.06 bits per heavy atom. The molecule has 4 nitrogen and oxygen atoms in total.